The number of nitrogens with one attached hydrogen (secondary N) is 1. The van der Waals surface area contributed by atoms with Crippen LogP contribution < -0.4 is 15.8 Å². The molecule has 3 aromatic rings. The molecule has 0 spiro atoms. The topological polar surface area (TPSA) is 85.5 Å². The van der Waals surface area contributed by atoms with E-state index in [2.05, 4.69) is 20.2 Å². The summed E-state index contributed by atoms with van der Waals surface area (Å²) in [6.07, 6.45) is 2.30. The molecule has 0 atom stereocenters. The number of hydrogen-bond donors (Lipinski definition) is 2. The number of hydrogen-bond acceptors (Lipinski definition) is 7. The van der Waals surface area contributed by atoms with Crippen molar-refractivity contribution in [3.05, 3.63) is 47.5 Å². The smallest absolute Gasteiger partial charge is 0.144 e. The van der Waals surface area contributed by atoms with E-state index in [1.165, 1.54) is 18.5 Å². The average Bonchev–Trinajstić information content (AvgIpc) is 2.75. The predicted octanol–water partition coefficient (Wildman–Crippen LogP) is 3.85. The van der Waals surface area contributed by atoms with Crippen molar-refractivity contribution in [2.75, 3.05) is 50.5 Å². The number of fused-ring (bicyclic) bond motifs is 1. The monoisotopic (exact) mass is 431 g/mol. The summed E-state index contributed by atoms with van der Waals surface area (Å²) in [5, 5.41) is 3.98. The molecule has 0 radical (unpaired) electrons. The lowest BCUT2D eigenvalue weighted by atomic mass is 10.2. The minimum atomic E-state index is -0.474. The molecule has 1 fully saturated rings. The number of ether oxygens (including phenoxy) is 2. The third kappa shape index (κ3) is 4.89. The Morgan fingerprint density at radius 1 is 1.20 bits per heavy atom. The van der Waals surface area contributed by atoms with E-state index in [1.54, 1.807) is 6.07 Å². The van der Waals surface area contributed by atoms with Gasteiger partial charge in [-0.3, -0.25) is 4.90 Å². The molecule has 9 heteroatoms. The molecule has 1 saturated heterocycles. The Balaban J connectivity index is 1.53. The van der Waals surface area contributed by atoms with Crippen LogP contribution in [0.25, 0.3) is 10.9 Å². The maximum atomic E-state index is 13.5. The van der Waals surface area contributed by atoms with Crippen LogP contribution in [-0.4, -0.2) is 54.3 Å². The number of morpholine rings is 1. The summed E-state index contributed by atoms with van der Waals surface area (Å²) >= 11 is 5.92. The van der Waals surface area contributed by atoms with Gasteiger partial charge >= 0.3 is 0 Å². The first-order valence-electron chi connectivity index (χ1n) is 9.79. The van der Waals surface area contributed by atoms with Gasteiger partial charge in [-0.25, -0.2) is 14.4 Å². The van der Waals surface area contributed by atoms with Crippen LogP contribution in [0.2, 0.25) is 5.02 Å². The number of halogens is 2. The van der Waals surface area contributed by atoms with E-state index < -0.39 is 5.82 Å². The van der Waals surface area contributed by atoms with Crippen LogP contribution in [-0.2, 0) is 4.74 Å². The van der Waals surface area contributed by atoms with Crippen molar-refractivity contribution in [2.45, 2.75) is 6.42 Å². The SMILES string of the molecule is Nc1ncnc2cc(OCCCN3CCOCC3)c(Nc3ccc(F)c(Cl)c3)cc12. The maximum Gasteiger partial charge on any atom is 0.144 e. The third-order valence-corrected chi connectivity index (χ3v) is 5.24. The summed E-state index contributed by atoms with van der Waals surface area (Å²) in [4.78, 5) is 10.7. The van der Waals surface area contributed by atoms with Gasteiger partial charge in [0.25, 0.3) is 0 Å². The second-order valence-electron chi connectivity index (χ2n) is 7.03. The van der Waals surface area contributed by atoms with Gasteiger partial charge in [0.1, 0.15) is 23.7 Å². The molecule has 3 N–H and O–H groups in total. The second kappa shape index (κ2) is 9.42. The van der Waals surface area contributed by atoms with Gasteiger partial charge in [-0.2, -0.15) is 0 Å². The number of nitrogens with two attached hydrogens (primary N) is 1. The lowest BCUT2D eigenvalue weighted by molar-refractivity contribution is 0.0358. The molecule has 1 aromatic heterocycles. The molecule has 30 heavy (non-hydrogen) atoms. The lowest BCUT2D eigenvalue weighted by Crippen LogP contribution is -2.37. The first-order valence-corrected chi connectivity index (χ1v) is 10.2. The van der Waals surface area contributed by atoms with Crippen molar-refractivity contribution in [3.63, 3.8) is 0 Å². The molecule has 158 valence electrons. The minimum Gasteiger partial charge on any atom is -0.491 e. The van der Waals surface area contributed by atoms with Gasteiger partial charge in [-0.05, 0) is 30.7 Å². The molecular formula is C21H23ClFN5O2. The normalized spacial score (nSPS) is 14.7. The first kappa shape index (κ1) is 20.6. The number of nitrogens with zero attached hydrogens (tertiary/aromatic N) is 3. The van der Waals surface area contributed by atoms with E-state index in [0.717, 1.165) is 39.3 Å². The molecule has 7 nitrogen and oxygen atoms in total. The maximum absolute atomic E-state index is 13.5. The fourth-order valence-corrected chi connectivity index (χ4v) is 3.53. The molecule has 0 unspecified atom stereocenters. The quantitative estimate of drug-likeness (QED) is 0.549. The highest BCUT2D eigenvalue weighted by Gasteiger charge is 2.13. The first-order chi connectivity index (χ1) is 14.6. The van der Waals surface area contributed by atoms with E-state index in [1.807, 2.05) is 12.1 Å². The highest BCUT2D eigenvalue weighted by atomic mass is 35.5. The summed E-state index contributed by atoms with van der Waals surface area (Å²) in [6.45, 7) is 4.95. The minimum absolute atomic E-state index is 0.0385. The standard InChI is InChI=1S/C21H23ClFN5O2/c22-16-10-14(2-3-17(16)23)27-19-11-15-18(25-13-26-21(15)24)12-20(19)30-7-1-4-28-5-8-29-9-6-28/h2-3,10-13,27H,1,4-9H2,(H2,24,25,26). The van der Waals surface area contributed by atoms with Gasteiger partial charge in [0, 0.05) is 36.8 Å². The van der Waals surface area contributed by atoms with Gasteiger partial charge in [0.15, 0.2) is 0 Å². The van der Waals surface area contributed by atoms with E-state index >= 15 is 0 Å². The number of nitrogen functional groups attached to an aromatic ring is 1. The molecule has 0 aliphatic carbocycles. The number of rotatable bonds is 7. The Bertz CT molecular complexity index is 1030. The molecule has 1 aliphatic rings. The Labute approximate surface area is 179 Å². The van der Waals surface area contributed by atoms with Crippen LogP contribution in [0.1, 0.15) is 6.42 Å². The van der Waals surface area contributed by atoms with Crippen molar-refractivity contribution in [1.82, 2.24) is 14.9 Å². The molecule has 2 aromatic carbocycles. The summed E-state index contributed by atoms with van der Waals surface area (Å²) in [5.74, 6) is 0.528. The van der Waals surface area contributed by atoms with E-state index in [0.29, 0.717) is 40.5 Å². The summed E-state index contributed by atoms with van der Waals surface area (Å²) in [7, 11) is 0. The van der Waals surface area contributed by atoms with Crippen LogP contribution in [0.15, 0.2) is 36.7 Å². The van der Waals surface area contributed by atoms with Crippen LogP contribution in [0.5, 0.6) is 5.75 Å². The van der Waals surface area contributed by atoms with Crippen LogP contribution in [0.3, 0.4) is 0 Å². The molecule has 2 heterocycles. The third-order valence-electron chi connectivity index (χ3n) is 4.95. The summed E-state index contributed by atoms with van der Waals surface area (Å²) < 4.78 is 25.0. The lowest BCUT2D eigenvalue weighted by Gasteiger charge is -2.26. The zero-order chi connectivity index (χ0) is 20.9. The fraction of sp³-hybridized carbons (Fsp3) is 0.333. The largest absolute Gasteiger partial charge is 0.491 e. The molecule has 0 saturated carbocycles. The van der Waals surface area contributed by atoms with Crippen molar-refractivity contribution in [3.8, 4) is 5.75 Å². The fourth-order valence-electron chi connectivity index (χ4n) is 3.35. The van der Waals surface area contributed by atoms with Crippen molar-refractivity contribution < 1.29 is 13.9 Å². The number of anilines is 3. The Morgan fingerprint density at radius 2 is 2.03 bits per heavy atom. The van der Waals surface area contributed by atoms with E-state index in [4.69, 9.17) is 26.8 Å². The molecule has 0 bridgehead atoms. The average molecular weight is 432 g/mol. The summed E-state index contributed by atoms with van der Waals surface area (Å²) in [6, 6.07) is 8.10. The zero-order valence-electron chi connectivity index (χ0n) is 16.4. The van der Waals surface area contributed by atoms with Gasteiger partial charge in [-0.1, -0.05) is 11.6 Å². The second-order valence-corrected chi connectivity index (χ2v) is 7.44. The highest BCUT2D eigenvalue weighted by Crippen LogP contribution is 2.34. The molecular weight excluding hydrogens is 409 g/mol. The molecule has 1 aliphatic heterocycles. The summed E-state index contributed by atoms with van der Waals surface area (Å²) in [5.41, 5.74) is 8.01. The van der Waals surface area contributed by atoms with Crippen molar-refractivity contribution >= 4 is 39.7 Å². The Morgan fingerprint density at radius 3 is 2.83 bits per heavy atom. The number of benzene rings is 2. The molecule has 4 rings (SSSR count). The number of aromatic nitrogens is 2. The van der Waals surface area contributed by atoms with Gasteiger partial charge < -0.3 is 20.5 Å². The Kier molecular flexibility index (Phi) is 6.47. The van der Waals surface area contributed by atoms with Gasteiger partial charge in [-0.15, -0.1) is 0 Å². The van der Waals surface area contributed by atoms with Crippen molar-refractivity contribution in [1.29, 1.82) is 0 Å². The van der Waals surface area contributed by atoms with Crippen molar-refractivity contribution in [2.24, 2.45) is 0 Å². The van der Waals surface area contributed by atoms with E-state index in [-0.39, 0.29) is 5.02 Å². The van der Waals surface area contributed by atoms with Gasteiger partial charge in [0.2, 0.25) is 0 Å². The van der Waals surface area contributed by atoms with E-state index in [9.17, 15) is 4.39 Å². The predicted molar refractivity (Wildman–Crippen MR) is 116 cm³/mol. The van der Waals surface area contributed by atoms with Crippen LogP contribution in [0, 0.1) is 5.82 Å². The molecule has 0 amide bonds. The van der Waals surface area contributed by atoms with Gasteiger partial charge in [0.05, 0.1) is 36.0 Å². The van der Waals surface area contributed by atoms with Crippen LogP contribution in [0.4, 0.5) is 21.6 Å². The Hall–Kier alpha value is -2.68. The van der Waals surface area contributed by atoms with Crippen LogP contribution >= 0.6 is 11.6 Å². The zero-order valence-corrected chi connectivity index (χ0v) is 17.2. The highest BCUT2D eigenvalue weighted by molar-refractivity contribution is 6.31.